The summed E-state index contributed by atoms with van der Waals surface area (Å²) in [6, 6.07) is 8.00. The first-order valence-corrected chi connectivity index (χ1v) is 7.09. The minimum absolute atomic E-state index is 0.0300. The van der Waals surface area contributed by atoms with Crippen molar-refractivity contribution in [2.45, 2.75) is 19.4 Å². The van der Waals surface area contributed by atoms with Crippen LogP contribution < -0.4 is 10.6 Å². The Kier molecular flexibility index (Phi) is 5.11. The van der Waals surface area contributed by atoms with Gasteiger partial charge in [-0.2, -0.15) is 5.10 Å². The Bertz CT molecular complexity index is 589. The highest BCUT2D eigenvalue weighted by molar-refractivity contribution is 5.83. The SMILES string of the molecule is CNC(C(=O)NCCc1ccc(C)cc1)c1cnn(C)c1. The maximum Gasteiger partial charge on any atom is 0.241 e. The highest BCUT2D eigenvalue weighted by Gasteiger charge is 2.19. The molecule has 0 fully saturated rings. The number of carbonyl (C=O) groups excluding carboxylic acids is 1. The third kappa shape index (κ3) is 4.16. The minimum Gasteiger partial charge on any atom is -0.354 e. The average Bonchev–Trinajstić information content (AvgIpc) is 2.88. The number of aryl methyl sites for hydroxylation is 2. The van der Waals surface area contributed by atoms with Crippen molar-refractivity contribution in [2.24, 2.45) is 7.05 Å². The second-order valence-corrected chi connectivity index (χ2v) is 5.20. The van der Waals surface area contributed by atoms with Gasteiger partial charge in [0.2, 0.25) is 5.91 Å². The largest absolute Gasteiger partial charge is 0.354 e. The molecule has 1 aromatic carbocycles. The topological polar surface area (TPSA) is 59.0 Å². The number of benzene rings is 1. The van der Waals surface area contributed by atoms with Gasteiger partial charge in [-0.1, -0.05) is 29.8 Å². The van der Waals surface area contributed by atoms with E-state index >= 15 is 0 Å². The van der Waals surface area contributed by atoms with E-state index in [1.54, 1.807) is 17.9 Å². The lowest BCUT2D eigenvalue weighted by molar-refractivity contribution is -0.123. The number of carbonyl (C=O) groups is 1. The molecule has 2 rings (SSSR count). The van der Waals surface area contributed by atoms with Crippen molar-refractivity contribution >= 4 is 5.91 Å². The molecule has 1 aromatic heterocycles. The molecule has 1 amide bonds. The van der Waals surface area contributed by atoms with Gasteiger partial charge in [-0.05, 0) is 26.0 Å². The zero-order valence-electron chi connectivity index (χ0n) is 12.8. The highest BCUT2D eigenvalue weighted by Crippen LogP contribution is 2.11. The molecule has 1 atom stereocenters. The smallest absolute Gasteiger partial charge is 0.241 e. The van der Waals surface area contributed by atoms with Crippen LogP contribution in [0.15, 0.2) is 36.7 Å². The van der Waals surface area contributed by atoms with Crippen molar-refractivity contribution in [2.75, 3.05) is 13.6 Å². The van der Waals surface area contributed by atoms with Crippen LogP contribution in [0.3, 0.4) is 0 Å². The molecule has 2 aromatic rings. The van der Waals surface area contributed by atoms with Crippen LogP contribution in [0.5, 0.6) is 0 Å². The Hall–Kier alpha value is -2.14. The number of nitrogens with one attached hydrogen (secondary N) is 2. The summed E-state index contributed by atoms with van der Waals surface area (Å²) in [5.74, 6) is -0.0300. The Morgan fingerprint density at radius 3 is 2.62 bits per heavy atom. The molecule has 0 radical (unpaired) electrons. The molecule has 0 bridgehead atoms. The molecule has 5 nitrogen and oxygen atoms in total. The van der Waals surface area contributed by atoms with Crippen LogP contribution in [-0.2, 0) is 18.3 Å². The van der Waals surface area contributed by atoms with Crippen LogP contribution in [0.25, 0.3) is 0 Å². The number of amides is 1. The van der Waals surface area contributed by atoms with Crippen LogP contribution in [0.4, 0.5) is 0 Å². The lowest BCUT2D eigenvalue weighted by Crippen LogP contribution is -2.36. The lowest BCUT2D eigenvalue weighted by atomic mass is 10.1. The van der Waals surface area contributed by atoms with E-state index in [0.717, 1.165) is 12.0 Å². The summed E-state index contributed by atoms with van der Waals surface area (Å²) in [5, 5.41) is 10.1. The van der Waals surface area contributed by atoms with Gasteiger partial charge >= 0.3 is 0 Å². The van der Waals surface area contributed by atoms with E-state index in [1.165, 1.54) is 11.1 Å². The monoisotopic (exact) mass is 286 g/mol. The zero-order chi connectivity index (χ0) is 15.2. The third-order valence-corrected chi connectivity index (χ3v) is 3.44. The fraction of sp³-hybridized carbons (Fsp3) is 0.375. The summed E-state index contributed by atoms with van der Waals surface area (Å²) in [4.78, 5) is 12.2. The first-order valence-electron chi connectivity index (χ1n) is 7.09. The van der Waals surface area contributed by atoms with Crippen molar-refractivity contribution in [3.8, 4) is 0 Å². The second-order valence-electron chi connectivity index (χ2n) is 5.20. The van der Waals surface area contributed by atoms with Gasteiger partial charge in [0.1, 0.15) is 6.04 Å². The van der Waals surface area contributed by atoms with Crippen LogP contribution in [-0.4, -0.2) is 29.3 Å². The molecular weight excluding hydrogens is 264 g/mol. The number of nitrogens with zero attached hydrogens (tertiary/aromatic N) is 2. The molecule has 5 heteroatoms. The minimum atomic E-state index is -0.364. The van der Waals surface area contributed by atoms with Gasteiger partial charge in [-0.25, -0.2) is 0 Å². The van der Waals surface area contributed by atoms with E-state index in [4.69, 9.17) is 0 Å². The lowest BCUT2D eigenvalue weighted by Gasteiger charge is -2.14. The first-order chi connectivity index (χ1) is 10.1. The van der Waals surface area contributed by atoms with Crippen molar-refractivity contribution in [3.63, 3.8) is 0 Å². The molecule has 0 aliphatic carbocycles. The van der Waals surface area contributed by atoms with Crippen molar-refractivity contribution in [1.82, 2.24) is 20.4 Å². The van der Waals surface area contributed by atoms with Gasteiger partial charge < -0.3 is 10.6 Å². The maximum absolute atomic E-state index is 12.2. The number of likely N-dealkylation sites (N-methyl/N-ethyl adjacent to an activating group) is 1. The van der Waals surface area contributed by atoms with E-state index < -0.39 is 0 Å². The summed E-state index contributed by atoms with van der Waals surface area (Å²) >= 11 is 0. The molecule has 2 N–H and O–H groups in total. The Morgan fingerprint density at radius 2 is 2.05 bits per heavy atom. The fourth-order valence-corrected chi connectivity index (χ4v) is 2.23. The summed E-state index contributed by atoms with van der Waals surface area (Å²) in [6.45, 7) is 2.69. The molecule has 0 aliphatic heterocycles. The summed E-state index contributed by atoms with van der Waals surface area (Å²) in [5.41, 5.74) is 3.34. The van der Waals surface area contributed by atoms with Crippen LogP contribution in [0, 0.1) is 6.92 Å². The molecule has 0 spiro atoms. The molecule has 0 saturated carbocycles. The normalized spacial score (nSPS) is 12.1. The van der Waals surface area contributed by atoms with Gasteiger partial charge in [0.25, 0.3) is 0 Å². The van der Waals surface area contributed by atoms with Crippen LogP contribution in [0.2, 0.25) is 0 Å². The summed E-state index contributed by atoms with van der Waals surface area (Å²) < 4.78 is 1.69. The van der Waals surface area contributed by atoms with Crippen LogP contribution >= 0.6 is 0 Å². The van der Waals surface area contributed by atoms with Crippen molar-refractivity contribution < 1.29 is 4.79 Å². The number of hydrogen-bond acceptors (Lipinski definition) is 3. The van der Waals surface area contributed by atoms with E-state index in [1.807, 2.05) is 13.2 Å². The van der Waals surface area contributed by atoms with E-state index in [9.17, 15) is 4.79 Å². The fourth-order valence-electron chi connectivity index (χ4n) is 2.23. The molecule has 0 saturated heterocycles. The van der Waals surface area contributed by atoms with Crippen LogP contribution in [0.1, 0.15) is 22.7 Å². The second kappa shape index (κ2) is 7.04. The van der Waals surface area contributed by atoms with Crippen molar-refractivity contribution in [3.05, 3.63) is 53.3 Å². The van der Waals surface area contributed by atoms with Crippen molar-refractivity contribution in [1.29, 1.82) is 0 Å². The Morgan fingerprint density at radius 1 is 1.33 bits per heavy atom. The van der Waals surface area contributed by atoms with E-state index in [2.05, 4.69) is 46.9 Å². The number of rotatable bonds is 6. The summed E-state index contributed by atoms with van der Waals surface area (Å²) in [6.07, 6.45) is 4.39. The Balaban J connectivity index is 1.87. The highest BCUT2D eigenvalue weighted by atomic mass is 16.2. The Labute approximate surface area is 125 Å². The molecule has 1 unspecified atom stereocenters. The molecule has 112 valence electrons. The molecule has 0 aliphatic rings. The standard InChI is InChI=1S/C16H22N4O/c1-12-4-6-13(7-5-12)8-9-18-16(21)15(17-2)14-10-19-20(3)11-14/h4-7,10-11,15,17H,8-9H2,1-3H3,(H,18,21). The summed E-state index contributed by atoms with van der Waals surface area (Å²) in [7, 11) is 3.61. The first kappa shape index (κ1) is 15.3. The van der Waals surface area contributed by atoms with Gasteiger partial charge in [-0.3, -0.25) is 9.48 Å². The average molecular weight is 286 g/mol. The number of aromatic nitrogens is 2. The van der Waals surface area contributed by atoms with Gasteiger partial charge in [0.05, 0.1) is 6.20 Å². The molecular formula is C16H22N4O. The maximum atomic E-state index is 12.2. The van der Waals surface area contributed by atoms with Gasteiger partial charge in [0, 0.05) is 25.4 Å². The number of hydrogen-bond donors (Lipinski definition) is 2. The van der Waals surface area contributed by atoms with Gasteiger partial charge in [-0.15, -0.1) is 0 Å². The molecule has 21 heavy (non-hydrogen) atoms. The van der Waals surface area contributed by atoms with E-state index in [0.29, 0.717) is 6.54 Å². The van der Waals surface area contributed by atoms with Gasteiger partial charge in [0.15, 0.2) is 0 Å². The molecule has 1 heterocycles. The third-order valence-electron chi connectivity index (χ3n) is 3.44. The quantitative estimate of drug-likeness (QED) is 0.842. The predicted octanol–water partition coefficient (Wildman–Crippen LogP) is 1.35. The zero-order valence-corrected chi connectivity index (χ0v) is 12.8. The predicted molar refractivity (Wildman–Crippen MR) is 82.9 cm³/mol. The van der Waals surface area contributed by atoms with E-state index in [-0.39, 0.29) is 11.9 Å².